The van der Waals surface area contributed by atoms with Gasteiger partial charge < -0.3 is 5.73 Å². The number of rotatable bonds is 2. The molecule has 1 aliphatic carbocycles. The van der Waals surface area contributed by atoms with Crippen LogP contribution in [0.2, 0.25) is 0 Å². The Morgan fingerprint density at radius 1 is 1.32 bits per heavy atom. The highest BCUT2D eigenvalue weighted by Crippen LogP contribution is 2.32. The van der Waals surface area contributed by atoms with Crippen LogP contribution in [0.3, 0.4) is 0 Å². The average Bonchev–Trinajstić information content (AvgIpc) is 2.86. The fourth-order valence-electron chi connectivity index (χ4n) is 2.51. The van der Waals surface area contributed by atoms with Gasteiger partial charge in [-0.15, -0.1) is 0 Å². The van der Waals surface area contributed by atoms with Gasteiger partial charge in [-0.2, -0.15) is 10.1 Å². The molecule has 100 valence electrons. The minimum absolute atomic E-state index is 0.121. The Balaban J connectivity index is 2.18. The fraction of sp³-hybridized carbons (Fsp3) is 0.417. The fourth-order valence-corrected chi connectivity index (χ4v) is 2.51. The second kappa shape index (κ2) is 4.25. The van der Waals surface area contributed by atoms with Crippen LogP contribution < -0.4 is 5.73 Å². The van der Waals surface area contributed by atoms with Crippen molar-refractivity contribution in [2.24, 2.45) is 0 Å². The van der Waals surface area contributed by atoms with Crippen molar-refractivity contribution >= 4 is 5.95 Å². The van der Waals surface area contributed by atoms with E-state index in [1.54, 1.807) is 13.0 Å². The number of nitrogens with two attached hydrogens (primary N) is 1. The SMILES string of the molecule is Cc1cc(-n2nc(C(F)F)c3c2CCC3)nc(N)n1. The molecule has 2 aromatic rings. The van der Waals surface area contributed by atoms with Gasteiger partial charge in [0.1, 0.15) is 5.69 Å². The monoisotopic (exact) mass is 265 g/mol. The zero-order valence-electron chi connectivity index (χ0n) is 10.4. The maximum absolute atomic E-state index is 13.0. The Hall–Kier alpha value is -2.05. The number of nitrogens with zero attached hydrogens (tertiary/aromatic N) is 4. The summed E-state index contributed by atoms with van der Waals surface area (Å²) in [5, 5.41) is 4.00. The number of halogens is 2. The highest BCUT2D eigenvalue weighted by Gasteiger charge is 2.28. The third kappa shape index (κ3) is 1.94. The maximum Gasteiger partial charge on any atom is 0.282 e. The molecule has 0 unspecified atom stereocenters. The summed E-state index contributed by atoms with van der Waals surface area (Å²) in [4.78, 5) is 8.05. The first-order valence-electron chi connectivity index (χ1n) is 6.06. The van der Waals surface area contributed by atoms with Gasteiger partial charge >= 0.3 is 0 Å². The second-order valence-electron chi connectivity index (χ2n) is 4.60. The lowest BCUT2D eigenvalue weighted by atomic mass is 10.2. The van der Waals surface area contributed by atoms with Gasteiger partial charge in [-0.1, -0.05) is 0 Å². The first-order valence-corrected chi connectivity index (χ1v) is 6.06. The zero-order chi connectivity index (χ0) is 13.6. The second-order valence-corrected chi connectivity index (χ2v) is 4.60. The van der Waals surface area contributed by atoms with Crippen LogP contribution in [0, 0.1) is 6.92 Å². The molecule has 0 amide bonds. The normalized spacial score (nSPS) is 14.1. The molecule has 2 heterocycles. The molecule has 0 bridgehead atoms. The number of aromatic nitrogens is 4. The first-order chi connectivity index (χ1) is 9.06. The molecule has 0 saturated carbocycles. The Kier molecular flexibility index (Phi) is 2.69. The molecule has 0 radical (unpaired) electrons. The molecule has 3 rings (SSSR count). The minimum atomic E-state index is -2.56. The summed E-state index contributed by atoms with van der Waals surface area (Å²) in [7, 11) is 0. The molecule has 0 saturated heterocycles. The number of alkyl halides is 2. The van der Waals surface area contributed by atoms with E-state index in [1.807, 2.05) is 0 Å². The third-order valence-corrected chi connectivity index (χ3v) is 3.24. The third-order valence-electron chi connectivity index (χ3n) is 3.24. The zero-order valence-corrected chi connectivity index (χ0v) is 10.4. The summed E-state index contributed by atoms with van der Waals surface area (Å²) in [6.07, 6.45) is -0.313. The number of hydrogen-bond acceptors (Lipinski definition) is 4. The lowest BCUT2D eigenvalue weighted by Crippen LogP contribution is -2.08. The van der Waals surface area contributed by atoms with Gasteiger partial charge in [-0.05, 0) is 26.2 Å². The smallest absolute Gasteiger partial charge is 0.282 e. The molecule has 2 aromatic heterocycles. The lowest BCUT2D eigenvalue weighted by molar-refractivity contribution is 0.144. The number of aryl methyl sites for hydroxylation is 1. The van der Waals surface area contributed by atoms with Crippen LogP contribution in [0.1, 0.15) is 35.5 Å². The molecular weight excluding hydrogens is 252 g/mol. The predicted octanol–water partition coefficient (Wildman–Crippen LogP) is 1.98. The minimum Gasteiger partial charge on any atom is -0.368 e. The van der Waals surface area contributed by atoms with Gasteiger partial charge in [-0.3, -0.25) is 0 Å². The van der Waals surface area contributed by atoms with Gasteiger partial charge in [0.2, 0.25) is 5.95 Å². The molecule has 0 fully saturated rings. The van der Waals surface area contributed by atoms with Crippen molar-refractivity contribution in [2.45, 2.75) is 32.6 Å². The van der Waals surface area contributed by atoms with Gasteiger partial charge in [0.25, 0.3) is 6.43 Å². The van der Waals surface area contributed by atoms with Crippen LogP contribution in [0.15, 0.2) is 6.07 Å². The molecule has 0 spiro atoms. The van der Waals surface area contributed by atoms with Crippen LogP contribution in [0.25, 0.3) is 5.82 Å². The van der Waals surface area contributed by atoms with Crippen molar-refractivity contribution in [2.75, 3.05) is 5.73 Å². The van der Waals surface area contributed by atoms with E-state index in [4.69, 9.17) is 5.73 Å². The van der Waals surface area contributed by atoms with E-state index in [2.05, 4.69) is 15.1 Å². The maximum atomic E-state index is 13.0. The molecule has 0 aromatic carbocycles. The molecule has 5 nitrogen and oxygen atoms in total. The molecule has 0 aliphatic heterocycles. The van der Waals surface area contributed by atoms with Gasteiger partial charge in [0.15, 0.2) is 5.82 Å². The molecule has 7 heteroatoms. The highest BCUT2D eigenvalue weighted by atomic mass is 19.3. The van der Waals surface area contributed by atoms with Crippen LogP contribution >= 0.6 is 0 Å². The number of anilines is 1. The van der Waals surface area contributed by atoms with Crippen LogP contribution in [-0.2, 0) is 12.8 Å². The summed E-state index contributed by atoms with van der Waals surface area (Å²) < 4.78 is 27.4. The van der Waals surface area contributed by atoms with E-state index < -0.39 is 6.43 Å². The van der Waals surface area contributed by atoms with Crippen LogP contribution in [0.5, 0.6) is 0 Å². The van der Waals surface area contributed by atoms with Gasteiger partial charge in [-0.25, -0.2) is 18.4 Å². The van der Waals surface area contributed by atoms with Crippen molar-refractivity contribution < 1.29 is 8.78 Å². The topological polar surface area (TPSA) is 69.6 Å². The summed E-state index contributed by atoms with van der Waals surface area (Å²) in [5.74, 6) is 0.575. The van der Waals surface area contributed by atoms with E-state index in [0.29, 0.717) is 23.5 Å². The molecule has 1 aliphatic rings. The Labute approximate surface area is 108 Å². The number of fused-ring (bicyclic) bond motifs is 1. The Morgan fingerprint density at radius 2 is 2.11 bits per heavy atom. The lowest BCUT2D eigenvalue weighted by Gasteiger charge is -2.06. The highest BCUT2D eigenvalue weighted by molar-refractivity contribution is 5.39. The van der Waals surface area contributed by atoms with Crippen molar-refractivity contribution in [3.63, 3.8) is 0 Å². The van der Waals surface area contributed by atoms with E-state index in [0.717, 1.165) is 18.5 Å². The van der Waals surface area contributed by atoms with Crippen molar-refractivity contribution in [3.8, 4) is 5.82 Å². The summed E-state index contributed by atoms with van der Waals surface area (Å²) >= 11 is 0. The standard InChI is InChI=1S/C12H13F2N5/c1-6-5-9(17-12(15)16-6)19-8-4-2-3-7(8)10(18-19)11(13)14/h5,11H,2-4H2,1H3,(H2,15,16,17). The van der Waals surface area contributed by atoms with E-state index >= 15 is 0 Å². The van der Waals surface area contributed by atoms with Gasteiger partial charge in [0, 0.05) is 23.0 Å². The van der Waals surface area contributed by atoms with Crippen LogP contribution in [0.4, 0.5) is 14.7 Å². The quantitative estimate of drug-likeness (QED) is 0.901. The average molecular weight is 265 g/mol. The summed E-state index contributed by atoms with van der Waals surface area (Å²) in [6, 6.07) is 1.69. The van der Waals surface area contributed by atoms with Crippen LogP contribution in [-0.4, -0.2) is 19.7 Å². The largest absolute Gasteiger partial charge is 0.368 e. The van der Waals surface area contributed by atoms with Crippen molar-refractivity contribution in [1.82, 2.24) is 19.7 Å². The van der Waals surface area contributed by atoms with E-state index in [-0.39, 0.29) is 11.6 Å². The number of nitrogen functional groups attached to an aromatic ring is 1. The summed E-state index contributed by atoms with van der Waals surface area (Å²) in [5.41, 5.74) is 7.61. The van der Waals surface area contributed by atoms with Gasteiger partial charge in [0.05, 0.1) is 0 Å². The van der Waals surface area contributed by atoms with Crippen molar-refractivity contribution in [3.05, 3.63) is 28.7 Å². The molecule has 2 N–H and O–H groups in total. The van der Waals surface area contributed by atoms with E-state index in [9.17, 15) is 8.78 Å². The Morgan fingerprint density at radius 3 is 2.79 bits per heavy atom. The summed E-state index contributed by atoms with van der Waals surface area (Å²) in [6.45, 7) is 1.78. The first kappa shape index (κ1) is 12.0. The predicted molar refractivity (Wildman–Crippen MR) is 65.3 cm³/mol. The Bertz CT molecular complexity index is 615. The van der Waals surface area contributed by atoms with E-state index in [1.165, 1.54) is 4.68 Å². The van der Waals surface area contributed by atoms with Crippen molar-refractivity contribution in [1.29, 1.82) is 0 Å². The molecule has 0 atom stereocenters. The molecule has 19 heavy (non-hydrogen) atoms. The number of hydrogen-bond donors (Lipinski definition) is 1. The molecular formula is C12H13F2N5.